The molecule has 2 rings (SSSR count). The molecule has 0 spiro atoms. The second kappa shape index (κ2) is 4.83. The van der Waals surface area contributed by atoms with E-state index >= 15 is 0 Å². The lowest BCUT2D eigenvalue weighted by Crippen LogP contribution is -2.32. The third kappa shape index (κ3) is 2.55. The van der Waals surface area contributed by atoms with E-state index in [1.807, 2.05) is 6.92 Å². The van der Waals surface area contributed by atoms with E-state index in [1.165, 1.54) is 0 Å². The fourth-order valence-electron chi connectivity index (χ4n) is 1.96. The zero-order chi connectivity index (χ0) is 13.5. The predicted molar refractivity (Wildman–Crippen MR) is 71.8 cm³/mol. The highest BCUT2D eigenvalue weighted by Crippen LogP contribution is 2.33. The maximum absolute atomic E-state index is 12.3. The van der Waals surface area contributed by atoms with Crippen LogP contribution in [0.5, 0.6) is 0 Å². The van der Waals surface area contributed by atoms with Crippen LogP contribution < -0.4 is 0 Å². The standard InChI is InChI=1S/C11H14ClNO3S2/c1-3-13(8-4-5-8)10(14)9-6-17-11(7(9)2)18(12,15)16/h6,8H,3-5H2,1-2H3. The van der Waals surface area contributed by atoms with E-state index in [-0.39, 0.29) is 10.1 Å². The summed E-state index contributed by atoms with van der Waals surface area (Å²) in [5.41, 5.74) is 0.909. The molecule has 7 heteroatoms. The first kappa shape index (κ1) is 13.8. The molecule has 1 amide bonds. The monoisotopic (exact) mass is 307 g/mol. The molecular formula is C11H14ClNO3S2. The molecular weight excluding hydrogens is 294 g/mol. The van der Waals surface area contributed by atoms with Crippen molar-refractivity contribution in [1.82, 2.24) is 4.90 Å². The fourth-order valence-corrected chi connectivity index (χ4v) is 4.50. The molecule has 0 aliphatic heterocycles. The van der Waals surface area contributed by atoms with E-state index < -0.39 is 9.05 Å². The Morgan fingerprint density at radius 1 is 1.56 bits per heavy atom. The topological polar surface area (TPSA) is 54.5 Å². The number of amides is 1. The van der Waals surface area contributed by atoms with Crippen molar-refractivity contribution in [2.45, 2.75) is 36.9 Å². The summed E-state index contributed by atoms with van der Waals surface area (Å²) in [7, 11) is 1.56. The smallest absolute Gasteiger partial charge is 0.271 e. The van der Waals surface area contributed by atoms with Crippen molar-refractivity contribution in [3.63, 3.8) is 0 Å². The molecule has 1 fully saturated rings. The Morgan fingerprint density at radius 2 is 2.17 bits per heavy atom. The summed E-state index contributed by atoms with van der Waals surface area (Å²) < 4.78 is 22.7. The molecule has 0 aromatic carbocycles. The number of hydrogen-bond donors (Lipinski definition) is 0. The van der Waals surface area contributed by atoms with Crippen molar-refractivity contribution in [1.29, 1.82) is 0 Å². The van der Waals surface area contributed by atoms with E-state index in [4.69, 9.17) is 10.7 Å². The molecule has 0 saturated heterocycles. The minimum atomic E-state index is -3.76. The third-order valence-corrected chi connectivity index (χ3v) is 6.34. The second-order valence-corrected chi connectivity index (χ2v) is 7.96. The second-order valence-electron chi connectivity index (χ2n) is 4.32. The normalized spacial score (nSPS) is 15.7. The van der Waals surface area contributed by atoms with Gasteiger partial charge in [-0.05, 0) is 32.3 Å². The van der Waals surface area contributed by atoms with Crippen molar-refractivity contribution in [3.05, 3.63) is 16.5 Å². The van der Waals surface area contributed by atoms with Crippen molar-refractivity contribution < 1.29 is 13.2 Å². The average molecular weight is 308 g/mol. The molecule has 1 saturated carbocycles. The molecule has 100 valence electrons. The zero-order valence-electron chi connectivity index (χ0n) is 10.1. The summed E-state index contributed by atoms with van der Waals surface area (Å²) >= 11 is 1.00. The minimum absolute atomic E-state index is 0.0689. The molecule has 4 nitrogen and oxygen atoms in total. The fraction of sp³-hybridized carbons (Fsp3) is 0.545. The SMILES string of the molecule is CCN(C(=O)c1csc(S(=O)(=O)Cl)c1C)C1CC1. The van der Waals surface area contributed by atoms with Gasteiger partial charge >= 0.3 is 0 Å². The summed E-state index contributed by atoms with van der Waals surface area (Å²) in [6.07, 6.45) is 2.06. The van der Waals surface area contributed by atoms with Gasteiger partial charge in [-0.25, -0.2) is 8.42 Å². The summed E-state index contributed by atoms with van der Waals surface area (Å²) in [5, 5.41) is 1.58. The molecule has 0 bridgehead atoms. The largest absolute Gasteiger partial charge is 0.336 e. The van der Waals surface area contributed by atoms with E-state index in [1.54, 1.807) is 17.2 Å². The first-order chi connectivity index (χ1) is 8.36. The number of rotatable bonds is 4. The van der Waals surface area contributed by atoms with Gasteiger partial charge in [0, 0.05) is 28.6 Å². The predicted octanol–water partition coefficient (Wildman–Crippen LogP) is 2.61. The Bertz CT molecular complexity index is 575. The van der Waals surface area contributed by atoms with Gasteiger partial charge in [0.25, 0.3) is 15.0 Å². The van der Waals surface area contributed by atoms with Gasteiger partial charge in [-0.1, -0.05) is 0 Å². The Balaban J connectivity index is 2.34. The lowest BCUT2D eigenvalue weighted by atomic mass is 10.2. The van der Waals surface area contributed by atoms with Crippen LogP contribution in [0.25, 0.3) is 0 Å². The number of nitrogens with zero attached hydrogens (tertiary/aromatic N) is 1. The molecule has 0 N–H and O–H groups in total. The van der Waals surface area contributed by atoms with Crippen LogP contribution in [-0.4, -0.2) is 31.8 Å². The van der Waals surface area contributed by atoms with Crippen LogP contribution in [-0.2, 0) is 9.05 Å². The first-order valence-electron chi connectivity index (χ1n) is 5.70. The Hall–Kier alpha value is -0.590. The van der Waals surface area contributed by atoms with Gasteiger partial charge in [0.15, 0.2) is 0 Å². The molecule has 1 aromatic rings. The molecule has 1 aromatic heterocycles. The van der Waals surface area contributed by atoms with Crippen LogP contribution in [0.2, 0.25) is 0 Å². The molecule has 18 heavy (non-hydrogen) atoms. The van der Waals surface area contributed by atoms with E-state index in [0.717, 1.165) is 24.2 Å². The van der Waals surface area contributed by atoms with Crippen LogP contribution in [0.15, 0.2) is 9.59 Å². The van der Waals surface area contributed by atoms with Gasteiger partial charge in [0.2, 0.25) is 0 Å². The van der Waals surface area contributed by atoms with Gasteiger partial charge in [-0.3, -0.25) is 4.79 Å². The van der Waals surface area contributed by atoms with Gasteiger partial charge < -0.3 is 4.90 Å². The molecule has 1 aliphatic carbocycles. The molecule has 1 heterocycles. The number of thiophene rings is 1. The van der Waals surface area contributed by atoms with Gasteiger partial charge in [-0.15, -0.1) is 11.3 Å². The Labute approximate surface area is 115 Å². The quantitative estimate of drug-likeness (QED) is 0.803. The van der Waals surface area contributed by atoms with Crippen molar-refractivity contribution >= 4 is 37.0 Å². The van der Waals surface area contributed by atoms with E-state index in [0.29, 0.717) is 23.7 Å². The van der Waals surface area contributed by atoms with Crippen molar-refractivity contribution in [3.8, 4) is 0 Å². The number of carbonyl (C=O) groups excluding carboxylic acids is 1. The van der Waals surface area contributed by atoms with Crippen molar-refractivity contribution in [2.24, 2.45) is 0 Å². The van der Waals surface area contributed by atoms with Gasteiger partial charge in [-0.2, -0.15) is 0 Å². The lowest BCUT2D eigenvalue weighted by Gasteiger charge is -2.20. The third-order valence-electron chi connectivity index (χ3n) is 3.04. The van der Waals surface area contributed by atoms with Gasteiger partial charge in [0.05, 0.1) is 5.56 Å². The Kier molecular flexibility index (Phi) is 3.71. The van der Waals surface area contributed by atoms with Crippen LogP contribution in [0.1, 0.15) is 35.7 Å². The van der Waals surface area contributed by atoms with Crippen molar-refractivity contribution in [2.75, 3.05) is 6.54 Å². The summed E-state index contributed by atoms with van der Waals surface area (Å²) in [6, 6.07) is 0.317. The highest BCUT2D eigenvalue weighted by Gasteiger charge is 2.33. The van der Waals surface area contributed by atoms with Crippen LogP contribution >= 0.6 is 22.0 Å². The Morgan fingerprint density at radius 3 is 2.56 bits per heavy atom. The summed E-state index contributed by atoms with van der Waals surface area (Å²) in [5.74, 6) is -0.0969. The lowest BCUT2D eigenvalue weighted by molar-refractivity contribution is 0.0752. The molecule has 0 unspecified atom stereocenters. The highest BCUT2D eigenvalue weighted by atomic mass is 35.7. The zero-order valence-corrected chi connectivity index (χ0v) is 12.5. The van der Waals surface area contributed by atoms with Crippen LogP contribution in [0.3, 0.4) is 0 Å². The number of hydrogen-bond acceptors (Lipinski definition) is 4. The summed E-state index contributed by atoms with van der Waals surface area (Å²) in [4.78, 5) is 14.1. The summed E-state index contributed by atoms with van der Waals surface area (Å²) in [6.45, 7) is 4.19. The minimum Gasteiger partial charge on any atom is -0.336 e. The average Bonchev–Trinajstić information content (AvgIpc) is 3.00. The van der Waals surface area contributed by atoms with E-state index in [9.17, 15) is 13.2 Å². The molecule has 0 atom stereocenters. The number of halogens is 1. The van der Waals surface area contributed by atoms with E-state index in [2.05, 4.69) is 0 Å². The molecule has 0 radical (unpaired) electrons. The highest BCUT2D eigenvalue weighted by molar-refractivity contribution is 8.15. The molecule has 1 aliphatic rings. The van der Waals surface area contributed by atoms with Crippen LogP contribution in [0.4, 0.5) is 0 Å². The number of carbonyl (C=O) groups is 1. The maximum Gasteiger partial charge on any atom is 0.271 e. The first-order valence-corrected chi connectivity index (χ1v) is 8.89. The van der Waals surface area contributed by atoms with Crippen LogP contribution in [0, 0.1) is 6.92 Å². The maximum atomic E-state index is 12.3. The van der Waals surface area contributed by atoms with Gasteiger partial charge in [0.1, 0.15) is 4.21 Å².